The van der Waals surface area contributed by atoms with E-state index in [0.29, 0.717) is 25.3 Å². The molecule has 0 spiro atoms. The predicted molar refractivity (Wildman–Crippen MR) is 126 cm³/mol. The van der Waals surface area contributed by atoms with Crippen molar-refractivity contribution in [2.75, 3.05) is 37.6 Å². The molecule has 4 rings (SSSR count). The maximum Gasteiger partial charge on any atom is 0.243 e. The molecule has 2 aliphatic rings. The number of piperidine rings is 1. The number of piperazine rings is 1. The van der Waals surface area contributed by atoms with Gasteiger partial charge in [0.05, 0.1) is 15.5 Å². The number of halogens is 1. The van der Waals surface area contributed by atoms with Crippen LogP contribution in [0.15, 0.2) is 58.3 Å². The zero-order valence-corrected chi connectivity index (χ0v) is 20.4. The van der Waals surface area contributed by atoms with Crippen molar-refractivity contribution in [1.82, 2.24) is 8.61 Å². The summed E-state index contributed by atoms with van der Waals surface area (Å²) in [6.45, 7) is 3.68. The highest BCUT2D eigenvalue weighted by Crippen LogP contribution is 2.28. The summed E-state index contributed by atoms with van der Waals surface area (Å²) in [6.07, 6.45) is 3.46. The van der Waals surface area contributed by atoms with E-state index in [-0.39, 0.29) is 34.7 Å². The second kappa shape index (κ2) is 9.69. The number of nitrogens with zero attached hydrogens (tertiary/aromatic N) is 3. The van der Waals surface area contributed by atoms with Crippen LogP contribution in [0.5, 0.6) is 0 Å². The molecule has 33 heavy (non-hydrogen) atoms. The third-order valence-corrected chi connectivity index (χ3v) is 10.4. The molecule has 0 saturated carbocycles. The number of anilines is 1. The maximum atomic E-state index is 14.1. The topological polar surface area (TPSA) is 78.0 Å². The Morgan fingerprint density at radius 2 is 1.42 bits per heavy atom. The normalized spacial score (nSPS) is 21.3. The Morgan fingerprint density at radius 3 is 2.03 bits per heavy atom. The lowest BCUT2D eigenvalue weighted by Gasteiger charge is -2.35. The minimum absolute atomic E-state index is 0.0158. The summed E-state index contributed by atoms with van der Waals surface area (Å²) in [6, 6.07) is 12.0. The SMILES string of the molecule is CC[C@H]1CCCCN1S(=O)(=O)c1ccc(S(=O)(=O)N2CCN(c3ccccc3F)CC2)cc1. The molecular weight excluding hydrogens is 465 g/mol. The van der Waals surface area contributed by atoms with Crippen molar-refractivity contribution >= 4 is 25.7 Å². The number of benzene rings is 2. The minimum atomic E-state index is -3.78. The number of hydrogen-bond donors (Lipinski definition) is 0. The van der Waals surface area contributed by atoms with Crippen LogP contribution in [0.3, 0.4) is 0 Å². The zero-order valence-electron chi connectivity index (χ0n) is 18.7. The van der Waals surface area contributed by atoms with Gasteiger partial charge in [0, 0.05) is 38.8 Å². The van der Waals surface area contributed by atoms with Crippen LogP contribution in [0.4, 0.5) is 10.1 Å². The molecule has 180 valence electrons. The molecule has 0 unspecified atom stereocenters. The third kappa shape index (κ3) is 4.80. The lowest BCUT2D eigenvalue weighted by Crippen LogP contribution is -2.48. The standard InChI is InChI=1S/C23H30FN3O4S2/c1-2-19-7-5-6-14-27(19)33(30,31)21-12-10-20(11-13-21)32(28,29)26-17-15-25(16-18-26)23-9-4-3-8-22(23)24/h3-4,8-13,19H,2,5-7,14-18H2,1H3/t19-/m0/s1. The Bertz CT molecular complexity index is 1180. The molecule has 0 aromatic heterocycles. The Kier molecular flexibility index (Phi) is 7.09. The molecule has 10 heteroatoms. The van der Waals surface area contributed by atoms with Crippen LogP contribution in [-0.4, -0.2) is 64.2 Å². The molecule has 2 fully saturated rings. The summed E-state index contributed by atoms with van der Waals surface area (Å²) >= 11 is 0. The first-order chi connectivity index (χ1) is 15.7. The zero-order chi connectivity index (χ0) is 23.6. The summed E-state index contributed by atoms with van der Waals surface area (Å²) in [5, 5.41) is 0. The largest absolute Gasteiger partial charge is 0.367 e. The highest BCUT2D eigenvalue weighted by molar-refractivity contribution is 7.89. The molecule has 0 bridgehead atoms. The number of sulfonamides is 2. The van der Waals surface area contributed by atoms with Gasteiger partial charge in [-0.05, 0) is 55.7 Å². The summed E-state index contributed by atoms with van der Waals surface area (Å²) < 4.78 is 69.5. The van der Waals surface area contributed by atoms with Gasteiger partial charge in [0.2, 0.25) is 20.0 Å². The van der Waals surface area contributed by atoms with Gasteiger partial charge in [-0.2, -0.15) is 8.61 Å². The van der Waals surface area contributed by atoms with E-state index in [1.54, 1.807) is 22.5 Å². The van der Waals surface area contributed by atoms with Crippen LogP contribution in [-0.2, 0) is 20.0 Å². The van der Waals surface area contributed by atoms with Gasteiger partial charge in [0.15, 0.2) is 0 Å². The highest BCUT2D eigenvalue weighted by atomic mass is 32.2. The molecule has 1 atom stereocenters. The third-order valence-electron chi connectivity index (χ3n) is 6.54. The second-order valence-electron chi connectivity index (χ2n) is 8.49. The fourth-order valence-electron chi connectivity index (χ4n) is 4.64. The van der Waals surface area contributed by atoms with Crippen LogP contribution < -0.4 is 4.90 Å². The molecule has 0 amide bonds. The Hall–Kier alpha value is -2.01. The predicted octanol–water partition coefficient (Wildman–Crippen LogP) is 3.29. The molecule has 2 saturated heterocycles. The van der Waals surface area contributed by atoms with E-state index in [0.717, 1.165) is 25.7 Å². The molecule has 2 aromatic rings. The molecule has 2 heterocycles. The van der Waals surface area contributed by atoms with Crippen molar-refractivity contribution in [2.45, 2.75) is 48.4 Å². The first kappa shape index (κ1) is 24.1. The summed E-state index contributed by atoms with van der Waals surface area (Å²) in [5.74, 6) is -0.329. The lowest BCUT2D eigenvalue weighted by atomic mass is 10.0. The molecule has 0 radical (unpaired) electrons. The number of hydrogen-bond acceptors (Lipinski definition) is 5. The van der Waals surface area contributed by atoms with Gasteiger partial charge in [-0.3, -0.25) is 0 Å². The van der Waals surface area contributed by atoms with Gasteiger partial charge >= 0.3 is 0 Å². The molecule has 2 aromatic carbocycles. The Labute approximate surface area is 195 Å². The average molecular weight is 496 g/mol. The van der Waals surface area contributed by atoms with Crippen molar-refractivity contribution < 1.29 is 21.2 Å². The molecular formula is C23H30FN3O4S2. The van der Waals surface area contributed by atoms with Crippen LogP contribution >= 0.6 is 0 Å². The average Bonchev–Trinajstić information content (AvgIpc) is 2.84. The van der Waals surface area contributed by atoms with Crippen molar-refractivity contribution in [3.8, 4) is 0 Å². The molecule has 0 aliphatic carbocycles. The van der Waals surface area contributed by atoms with Crippen molar-refractivity contribution in [2.24, 2.45) is 0 Å². The summed E-state index contributed by atoms with van der Waals surface area (Å²) in [4.78, 5) is 2.01. The van der Waals surface area contributed by atoms with E-state index < -0.39 is 20.0 Å². The fourth-order valence-corrected chi connectivity index (χ4v) is 7.83. The maximum absolute atomic E-state index is 14.1. The van der Waals surface area contributed by atoms with Gasteiger partial charge in [-0.1, -0.05) is 25.5 Å². The van der Waals surface area contributed by atoms with Gasteiger partial charge in [-0.25, -0.2) is 21.2 Å². The van der Waals surface area contributed by atoms with Crippen molar-refractivity contribution in [1.29, 1.82) is 0 Å². The van der Waals surface area contributed by atoms with E-state index in [2.05, 4.69) is 0 Å². The molecule has 0 N–H and O–H groups in total. The van der Waals surface area contributed by atoms with Crippen molar-refractivity contribution in [3.63, 3.8) is 0 Å². The smallest absolute Gasteiger partial charge is 0.243 e. The molecule has 2 aliphatic heterocycles. The van der Waals surface area contributed by atoms with Gasteiger partial charge in [0.1, 0.15) is 5.82 Å². The highest BCUT2D eigenvalue weighted by Gasteiger charge is 2.33. The number of para-hydroxylation sites is 1. The molecule has 7 nitrogen and oxygen atoms in total. The van der Waals surface area contributed by atoms with Gasteiger partial charge in [-0.15, -0.1) is 0 Å². The van der Waals surface area contributed by atoms with E-state index in [1.807, 2.05) is 11.8 Å². The quantitative estimate of drug-likeness (QED) is 0.615. The van der Waals surface area contributed by atoms with E-state index in [4.69, 9.17) is 0 Å². The van der Waals surface area contributed by atoms with E-state index in [9.17, 15) is 21.2 Å². The van der Waals surface area contributed by atoms with E-state index in [1.165, 1.54) is 34.6 Å². The Morgan fingerprint density at radius 1 is 0.818 bits per heavy atom. The Balaban J connectivity index is 1.48. The van der Waals surface area contributed by atoms with Gasteiger partial charge in [0.25, 0.3) is 0 Å². The van der Waals surface area contributed by atoms with Crippen LogP contribution in [0, 0.1) is 5.82 Å². The summed E-state index contributed by atoms with van der Waals surface area (Å²) in [7, 11) is -7.45. The van der Waals surface area contributed by atoms with E-state index >= 15 is 0 Å². The monoisotopic (exact) mass is 495 g/mol. The second-order valence-corrected chi connectivity index (χ2v) is 12.3. The van der Waals surface area contributed by atoms with Crippen LogP contribution in [0.1, 0.15) is 32.6 Å². The first-order valence-corrected chi connectivity index (χ1v) is 14.2. The number of rotatable bonds is 6. The van der Waals surface area contributed by atoms with Crippen LogP contribution in [0.25, 0.3) is 0 Å². The van der Waals surface area contributed by atoms with Crippen LogP contribution in [0.2, 0.25) is 0 Å². The first-order valence-electron chi connectivity index (χ1n) is 11.4. The summed E-state index contributed by atoms with van der Waals surface area (Å²) in [5.41, 5.74) is 0.465. The van der Waals surface area contributed by atoms with Crippen molar-refractivity contribution in [3.05, 3.63) is 54.3 Å². The fraction of sp³-hybridized carbons (Fsp3) is 0.478. The lowest BCUT2D eigenvalue weighted by molar-refractivity contribution is 0.246. The van der Waals surface area contributed by atoms with Gasteiger partial charge < -0.3 is 4.90 Å². The minimum Gasteiger partial charge on any atom is -0.367 e.